The van der Waals surface area contributed by atoms with Crippen molar-refractivity contribution in [1.82, 2.24) is 24.7 Å². The average Bonchev–Trinajstić information content (AvgIpc) is 2.98. The predicted octanol–water partition coefficient (Wildman–Crippen LogP) is 3.29. The number of fused-ring (bicyclic) bond motifs is 1. The second-order valence-corrected chi connectivity index (χ2v) is 7.47. The van der Waals surface area contributed by atoms with Gasteiger partial charge >= 0.3 is 6.18 Å². The van der Waals surface area contributed by atoms with Gasteiger partial charge in [-0.25, -0.2) is 0 Å². The Balaban J connectivity index is 1.81. The second-order valence-electron chi connectivity index (χ2n) is 7.47. The van der Waals surface area contributed by atoms with E-state index in [1.165, 1.54) is 0 Å². The average molecular weight is 370 g/mol. The lowest BCUT2D eigenvalue weighted by Gasteiger charge is -2.33. The van der Waals surface area contributed by atoms with Gasteiger partial charge < -0.3 is 10.2 Å². The third-order valence-electron chi connectivity index (χ3n) is 4.90. The number of hydrogen-bond acceptors (Lipinski definition) is 5. The van der Waals surface area contributed by atoms with Crippen LogP contribution in [0, 0.1) is 19.8 Å². The molecule has 1 aliphatic rings. The molecule has 0 aromatic carbocycles. The van der Waals surface area contributed by atoms with E-state index in [1.807, 2.05) is 6.92 Å². The van der Waals surface area contributed by atoms with Crippen LogP contribution in [-0.2, 0) is 6.18 Å². The molecular formula is C17H25F3N6. The van der Waals surface area contributed by atoms with Gasteiger partial charge in [0.2, 0.25) is 0 Å². The number of piperidine rings is 1. The van der Waals surface area contributed by atoms with Gasteiger partial charge in [0, 0.05) is 31.2 Å². The molecular weight excluding hydrogens is 345 g/mol. The van der Waals surface area contributed by atoms with Crippen LogP contribution in [0.3, 0.4) is 0 Å². The number of likely N-dealkylation sites (tertiary alicyclic amines) is 1. The van der Waals surface area contributed by atoms with E-state index in [1.54, 1.807) is 6.92 Å². The third-order valence-corrected chi connectivity index (χ3v) is 4.90. The molecule has 0 amide bonds. The van der Waals surface area contributed by atoms with Crippen LogP contribution in [0.5, 0.6) is 0 Å². The second kappa shape index (κ2) is 7.02. The molecule has 3 rings (SSSR count). The zero-order chi connectivity index (χ0) is 19.1. The largest absolute Gasteiger partial charge is 0.453 e. The summed E-state index contributed by atoms with van der Waals surface area (Å²) in [6.07, 6.45) is -2.70. The van der Waals surface area contributed by atoms with Gasteiger partial charge in [-0.15, -0.1) is 15.3 Å². The predicted molar refractivity (Wildman–Crippen MR) is 93.2 cm³/mol. The third kappa shape index (κ3) is 3.77. The molecule has 1 saturated heterocycles. The summed E-state index contributed by atoms with van der Waals surface area (Å²) in [7, 11) is 0. The molecule has 0 unspecified atom stereocenters. The Bertz CT molecular complexity index is 775. The first-order valence-electron chi connectivity index (χ1n) is 8.95. The Hall–Kier alpha value is -1.90. The minimum Gasteiger partial charge on any atom is -0.366 e. The summed E-state index contributed by atoms with van der Waals surface area (Å²) in [5.74, 6) is 0.0102. The topological polar surface area (TPSA) is 58.4 Å². The van der Waals surface area contributed by atoms with E-state index in [-0.39, 0.29) is 11.7 Å². The Kier molecular flexibility index (Phi) is 5.09. The van der Waals surface area contributed by atoms with E-state index >= 15 is 0 Å². The number of nitrogens with one attached hydrogen (secondary N) is 1. The molecule has 2 aromatic heterocycles. The van der Waals surface area contributed by atoms with Crippen LogP contribution < -0.4 is 5.32 Å². The summed E-state index contributed by atoms with van der Waals surface area (Å²) < 4.78 is 40.2. The minimum atomic E-state index is -4.59. The van der Waals surface area contributed by atoms with Gasteiger partial charge in [0.15, 0.2) is 11.5 Å². The van der Waals surface area contributed by atoms with E-state index in [0.29, 0.717) is 17.3 Å². The van der Waals surface area contributed by atoms with Crippen LogP contribution in [0.25, 0.3) is 5.65 Å². The standard InChI is InChI=1S/C17H25F3N6/c1-10(2)9-25-7-5-13(6-8-25)21-14-11(3)12(4)15-22-23-16(17(18,19)20)26(15)24-14/h10,13H,5-9H2,1-4H3,(H,21,24). The highest BCUT2D eigenvalue weighted by molar-refractivity contribution is 5.58. The molecule has 3 heterocycles. The van der Waals surface area contributed by atoms with Crippen LogP contribution in [0.1, 0.15) is 43.6 Å². The molecule has 26 heavy (non-hydrogen) atoms. The summed E-state index contributed by atoms with van der Waals surface area (Å²) >= 11 is 0. The molecule has 1 fully saturated rings. The smallest absolute Gasteiger partial charge is 0.366 e. The summed E-state index contributed by atoms with van der Waals surface area (Å²) in [5.41, 5.74) is 1.61. The van der Waals surface area contributed by atoms with E-state index in [9.17, 15) is 13.2 Å². The molecule has 1 N–H and O–H groups in total. The maximum absolute atomic E-state index is 13.1. The monoisotopic (exact) mass is 370 g/mol. The van der Waals surface area contributed by atoms with Crippen LogP contribution in [0.15, 0.2) is 0 Å². The lowest BCUT2D eigenvalue weighted by Crippen LogP contribution is -2.41. The van der Waals surface area contributed by atoms with Crippen molar-refractivity contribution in [3.05, 3.63) is 17.0 Å². The van der Waals surface area contributed by atoms with Gasteiger partial charge in [-0.1, -0.05) is 13.8 Å². The van der Waals surface area contributed by atoms with Crippen LogP contribution in [0.2, 0.25) is 0 Å². The molecule has 0 radical (unpaired) electrons. The zero-order valence-corrected chi connectivity index (χ0v) is 15.6. The number of nitrogens with zero attached hydrogens (tertiary/aromatic N) is 5. The van der Waals surface area contributed by atoms with E-state index in [4.69, 9.17) is 0 Å². The Morgan fingerprint density at radius 2 is 1.77 bits per heavy atom. The molecule has 0 atom stereocenters. The van der Waals surface area contributed by atoms with Gasteiger partial charge in [-0.2, -0.15) is 17.7 Å². The number of alkyl halides is 3. The fourth-order valence-corrected chi connectivity index (χ4v) is 3.41. The molecule has 0 aliphatic carbocycles. The molecule has 0 saturated carbocycles. The van der Waals surface area contributed by atoms with Gasteiger partial charge in [-0.3, -0.25) is 0 Å². The van der Waals surface area contributed by atoms with Crippen LogP contribution in [0.4, 0.5) is 19.0 Å². The van der Waals surface area contributed by atoms with Crippen LogP contribution >= 0.6 is 0 Å². The zero-order valence-electron chi connectivity index (χ0n) is 15.6. The van der Waals surface area contributed by atoms with Crippen molar-refractivity contribution in [3.8, 4) is 0 Å². The molecule has 0 spiro atoms. The van der Waals surface area contributed by atoms with Crippen molar-refractivity contribution in [2.24, 2.45) is 5.92 Å². The fraction of sp³-hybridized carbons (Fsp3) is 0.706. The number of halogens is 3. The maximum Gasteiger partial charge on any atom is 0.453 e. The Morgan fingerprint density at radius 1 is 1.12 bits per heavy atom. The first-order chi connectivity index (χ1) is 12.2. The highest BCUT2D eigenvalue weighted by Gasteiger charge is 2.38. The molecule has 6 nitrogen and oxygen atoms in total. The number of aryl methyl sites for hydroxylation is 1. The lowest BCUT2D eigenvalue weighted by atomic mass is 10.0. The lowest BCUT2D eigenvalue weighted by molar-refractivity contribution is -0.146. The summed E-state index contributed by atoms with van der Waals surface area (Å²) in [6, 6.07) is 0.201. The van der Waals surface area contributed by atoms with Crippen molar-refractivity contribution in [1.29, 1.82) is 0 Å². The summed E-state index contributed by atoms with van der Waals surface area (Å²) in [5, 5.41) is 14.5. The van der Waals surface area contributed by atoms with E-state index < -0.39 is 12.0 Å². The molecule has 2 aromatic rings. The van der Waals surface area contributed by atoms with E-state index in [2.05, 4.69) is 39.4 Å². The van der Waals surface area contributed by atoms with Crippen LogP contribution in [-0.4, -0.2) is 50.4 Å². The van der Waals surface area contributed by atoms with Gasteiger partial charge in [0.05, 0.1) is 0 Å². The number of aromatic nitrogens is 4. The van der Waals surface area contributed by atoms with Crippen molar-refractivity contribution >= 4 is 11.5 Å². The quantitative estimate of drug-likeness (QED) is 0.895. The Morgan fingerprint density at radius 3 is 2.35 bits per heavy atom. The normalized spacial score (nSPS) is 17.4. The first kappa shape index (κ1) is 18.9. The molecule has 9 heteroatoms. The maximum atomic E-state index is 13.1. The molecule has 1 aliphatic heterocycles. The summed E-state index contributed by atoms with van der Waals surface area (Å²) in [4.78, 5) is 2.43. The highest BCUT2D eigenvalue weighted by Crippen LogP contribution is 2.30. The number of hydrogen-bond donors (Lipinski definition) is 1. The molecule has 144 valence electrons. The van der Waals surface area contributed by atoms with Gasteiger partial charge in [0.1, 0.15) is 0 Å². The van der Waals surface area contributed by atoms with Crippen molar-refractivity contribution in [3.63, 3.8) is 0 Å². The van der Waals surface area contributed by atoms with Crippen molar-refractivity contribution < 1.29 is 13.2 Å². The highest BCUT2D eigenvalue weighted by atomic mass is 19.4. The minimum absolute atomic E-state index is 0.145. The fourth-order valence-electron chi connectivity index (χ4n) is 3.41. The Labute approximate surface area is 150 Å². The number of anilines is 1. The van der Waals surface area contributed by atoms with Gasteiger partial charge in [0.25, 0.3) is 5.82 Å². The number of rotatable bonds is 4. The summed E-state index contributed by atoms with van der Waals surface area (Å²) in [6.45, 7) is 11.0. The van der Waals surface area contributed by atoms with Gasteiger partial charge in [-0.05, 0) is 38.2 Å². The van der Waals surface area contributed by atoms with Crippen molar-refractivity contribution in [2.45, 2.75) is 52.8 Å². The first-order valence-corrected chi connectivity index (χ1v) is 8.95. The molecule has 0 bridgehead atoms. The van der Waals surface area contributed by atoms with Crippen molar-refractivity contribution in [2.75, 3.05) is 25.0 Å². The van der Waals surface area contributed by atoms with E-state index in [0.717, 1.165) is 42.6 Å². The SMILES string of the molecule is Cc1c(NC2CCN(CC(C)C)CC2)nn2c(C(F)(F)F)nnc2c1C.